The number of amides is 1. The summed E-state index contributed by atoms with van der Waals surface area (Å²) in [5.41, 5.74) is 1.85. The van der Waals surface area contributed by atoms with Gasteiger partial charge in [0.05, 0.1) is 11.7 Å². The normalized spacial score (nSPS) is 13.6. The highest BCUT2D eigenvalue weighted by atomic mass is 32.1. The first-order valence-corrected chi connectivity index (χ1v) is 9.13. The molecule has 0 saturated carbocycles. The van der Waals surface area contributed by atoms with E-state index < -0.39 is 5.97 Å². The van der Waals surface area contributed by atoms with Gasteiger partial charge in [-0.3, -0.25) is 9.59 Å². The maximum absolute atomic E-state index is 12.8. The summed E-state index contributed by atoms with van der Waals surface area (Å²) in [6.07, 6.45) is 7.93. The number of aryl methyl sites for hydroxylation is 1. The smallest absolute Gasteiger partial charge is 0.325 e. The van der Waals surface area contributed by atoms with E-state index in [0.29, 0.717) is 5.56 Å². The number of hydrogen-bond donors (Lipinski definition) is 1. The van der Waals surface area contributed by atoms with E-state index in [9.17, 15) is 9.59 Å². The minimum atomic E-state index is -0.412. The van der Waals surface area contributed by atoms with Crippen LogP contribution in [0.2, 0.25) is 0 Å². The summed E-state index contributed by atoms with van der Waals surface area (Å²) in [5, 5.41) is 3.65. The van der Waals surface area contributed by atoms with Gasteiger partial charge in [-0.05, 0) is 57.2 Å². The lowest BCUT2D eigenvalue weighted by molar-refractivity contribution is -0.146. The third kappa shape index (κ3) is 3.53. The molecule has 0 fully saturated rings. The number of fused-ring (bicyclic) bond motifs is 1. The molecule has 0 saturated heterocycles. The van der Waals surface area contributed by atoms with Crippen molar-refractivity contribution in [3.05, 3.63) is 40.5 Å². The van der Waals surface area contributed by atoms with E-state index in [4.69, 9.17) is 4.74 Å². The van der Waals surface area contributed by atoms with E-state index >= 15 is 0 Å². The third-order valence-electron chi connectivity index (χ3n) is 3.98. The maximum atomic E-state index is 12.8. The van der Waals surface area contributed by atoms with Gasteiger partial charge in [-0.25, -0.2) is 0 Å². The lowest BCUT2D eigenvalue weighted by atomic mass is 9.95. The standard InChI is InChI=1S/C18H22N2O3S/c1-12(2)23-15(21)11-19-17(22)16-13-7-3-4-8-14(13)24-18(16)20-9-5-6-10-20/h5-6,9-10,12H,3-4,7-8,11H2,1-2H3,(H,19,22). The first-order valence-electron chi connectivity index (χ1n) is 8.32. The number of thiophene rings is 1. The first kappa shape index (κ1) is 16.8. The number of esters is 1. The Labute approximate surface area is 145 Å². The molecule has 0 atom stereocenters. The van der Waals surface area contributed by atoms with Gasteiger partial charge in [-0.2, -0.15) is 0 Å². The van der Waals surface area contributed by atoms with Crippen molar-refractivity contribution in [2.75, 3.05) is 6.54 Å². The van der Waals surface area contributed by atoms with E-state index in [1.807, 2.05) is 29.1 Å². The number of hydrogen-bond acceptors (Lipinski definition) is 4. The SMILES string of the molecule is CC(C)OC(=O)CNC(=O)c1c(-n2cccc2)sc2c1CCCC2. The van der Waals surface area contributed by atoms with E-state index in [2.05, 4.69) is 5.32 Å². The molecular formula is C18H22N2O3S. The predicted octanol–water partition coefficient (Wildman–Crippen LogP) is 3.10. The van der Waals surface area contributed by atoms with Crippen LogP contribution >= 0.6 is 11.3 Å². The van der Waals surface area contributed by atoms with Crippen molar-refractivity contribution in [1.29, 1.82) is 0 Å². The second-order valence-electron chi connectivity index (χ2n) is 6.20. The number of rotatable bonds is 5. The number of nitrogens with one attached hydrogen (secondary N) is 1. The van der Waals surface area contributed by atoms with Gasteiger partial charge in [-0.1, -0.05) is 0 Å². The number of carbonyl (C=O) groups excluding carboxylic acids is 2. The molecule has 0 unspecified atom stereocenters. The van der Waals surface area contributed by atoms with Crippen LogP contribution in [0.3, 0.4) is 0 Å². The highest BCUT2D eigenvalue weighted by Gasteiger charge is 2.26. The summed E-state index contributed by atoms with van der Waals surface area (Å²) in [6.45, 7) is 3.48. The zero-order chi connectivity index (χ0) is 17.1. The van der Waals surface area contributed by atoms with Crippen LogP contribution in [0.1, 0.15) is 47.5 Å². The van der Waals surface area contributed by atoms with Crippen LogP contribution in [0.5, 0.6) is 0 Å². The predicted molar refractivity (Wildman–Crippen MR) is 93.8 cm³/mol. The van der Waals surface area contributed by atoms with Crippen molar-refractivity contribution >= 4 is 23.2 Å². The monoisotopic (exact) mass is 346 g/mol. The zero-order valence-corrected chi connectivity index (χ0v) is 14.8. The molecule has 0 aliphatic heterocycles. The molecule has 0 aromatic carbocycles. The van der Waals surface area contributed by atoms with Crippen LogP contribution in [0.15, 0.2) is 24.5 Å². The Bertz CT molecular complexity index is 732. The summed E-state index contributed by atoms with van der Waals surface area (Å²) >= 11 is 1.68. The Morgan fingerprint density at radius 3 is 2.67 bits per heavy atom. The number of nitrogens with zero attached hydrogens (tertiary/aromatic N) is 1. The minimum Gasteiger partial charge on any atom is -0.462 e. The van der Waals surface area contributed by atoms with Crippen LogP contribution in [0.25, 0.3) is 5.00 Å². The lowest BCUT2D eigenvalue weighted by Crippen LogP contribution is -2.32. The molecule has 0 radical (unpaired) electrons. The molecule has 1 aliphatic rings. The van der Waals surface area contributed by atoms with Gasteiger partial charge < -0.3 is 14.6 Å². The zero-order valence-electron chi connectivity index (χ0n) is 14.0. The Kier molecular flexibility index (Phi) is 5.04. The topological polar surface area (TPSA) is 60.3 Å². The van der Waals surface area contributed by atoms with Crippen molar-refractivity contribution in [2.24, 2.45) is 0 Å². The lowest BCUT2D eigenvalue weighted by Gasteiger charge is -2.13. The molecule has 2 heterocycles. The van der Waals surface area contributed by atoms with Gasteiger partial charge in [0.1, 0.15) is 11.5 Å². The summed E-state index contributed by atoms with van der Waals surface area (Å²) in [4.78, 5) is 25.7. The molecule has 24 heavy (non-hydrogen) atoms. The fourth-order valence-corrected chi connectivity index (χ4v) is 4.33. The van der Waals surface area contributed by atoms with Crippen molar-refractivity contribution in [2.45, 2.75) is 45.6 Å². The minimum absolute atomic E-state index is 0.104. The molecule has 128 valence electrons. The Morgan fingerprint density at radius 1 is 1.25 bits per heavy atom. The van der Waals surface area contributed by atoms with Gasteiger partial charge in [0.15, 0.2) is 0 Å². The maximum Gasteiger partial charge on any atom is 0.325 e. The molecular weight excluding hydrogens is 324 g/mol. The molecule has 0 bridgehead atoms. The van der Waals surface area contributed by atoms with Gasteiger partial charge in [-0.15, -0.1) is 11.3 Å². The fraction of sp³-hybridized carbons (Fsp3) is 0.444. The average molecular weight is 346 g/mol. The molecule has 1 N–H and O–H groups in total. The summed E-state index contributed by atoms with van der Waals surface area (Å²) in [6, 6.07) is 3.89. The largest absolute Gasteiger partial charge is 0.462 e. The highest BCUT2D eigenvalue weighted by molar-refractivity contribution is 7.15. The molecule has 0 spiro atoms. The fourth-order valence-electron chi connectivity index (χ4n) is 2.98. The van der Waals surface area contributed by atoms with Crippen molar-refractivity contribution in [1.82, 2.24) is 9.88 Å². The Hall–Kier alpha value is -2.08. The average Bonchev–Trinajstić information content (AvgIpc) is 3.18. The van der Waals surface area contributed by atoms with Gasteiger partial charge in [0, 0.05) is 17.3 Å². The number of carbonyl (C=O) groups is 2. The van der Waals surface area contributed by atoms with Crippen molar-refractivity contribution in [3.63, 3.8) is 0 Å². The number of aromatic nitrogens is 1. The molecule has 2 aromatic rings. The molecule has 5 nitrogen and oxygen atoms in total. The first-order chi connectivity index (χ1) is 11.6. The molecule has 1 amide bonds. The van der Waals surface area contributed by atoms with Crippen molar-refractivity contribution < 1.29 is 14.3 Å². The Balaban J connectivity index is 1.84. The summed E-state index contributed by atoms with van der Waals surface area (Å²) in [7, 11) is 0. The van der Waals surface area contributed by atoms with Gasteiger partial charge in [0.2, 0.25) is 0 Å². The van der Waals surface area contributed by atoms with Crippen molar-refractivity contribution in [3.8, 4) is 5.00 Å². The number of ether oxygens (including phenoxy) is 1. The molecule has 1 aliphatic carbocycles. The van der Waals surface area contributed by atoms with E-state index in [0.717, 1.165) is 29.8 Å². The van der Waals surface area contributed by atoms with E-state index in [1.165, 1.54) is 11.3 Å². The van der Waals surface area contributed by atoms with Gasteiger partial charge in [0.25, 0.3) is 5.91 Å². The second-order valence-corrected chi connectivity index (χ2v) is 7.29. The molecule has 6 heteroatoms. The quantitative estimate of drug-likeness (QED) is 0.846. The van der Waals surface area contributed by atoms with Crippen LogP contribution < -0.4 is 5.32 Å². The van der Waals surface area contributed by atoms with Crippen LogP contribution in [0.4, 0.5) is 0 Å². The summed E-state index contributed by atoms with van der Waals surface area (Å²) < 4.78 is 7.05. The van der Waals surface area contributed by atoms with Crippen LogP contribution in [-0.2, 0) is 22.4 Å². The molecule has 3 rings (SSSR count). The highest BCUT2D eigenvalue weighted by Crippen LogP contribution is 2.36. The second kappa shape index (κ2) is 7.21. The van der Waals surface area contributed by atoms with E-state index in [1.54, 1.807) is 25.2 Å². The third-order valence-corrected chi connectivity index (χ3v) is 5.28. The van der Waals surface area contributed by atoms with Gasteiger partial charge >= 0.3 is 5.97 Å². The summed E-state index contributed by atoms with van der Waals surface area (Å²) in [5.74, 6) is -0.608. The van der Waals surface area contributed by atoms with Crippen LogP contribution in [0, 0.1) is 0 Å². The Morgan fingerprint density at radius 2 is 1.96 bits per heavy atom. The van der Waals surface area contributed by atoms with Crippen LogP contribution in [-0.4, -0.2) is 29.1 Å². The molecule has 2 aromatic heterocycles. The van der Waals surface area contributed by atoms with E-state index in [-0.39, 0.29) is 18.6 Å².